The number of hydrogen-bond donors (Lipinski definition) is 3. The SMILES string of the molecule is Cc1ccc(F)c(-c2nc(C(=O)Nc3cnn(C)c3)c(N)s2)c1.NC1CCCOCC1F. The van der Waals surface area contributed by atoms with Gasteiger partial charge in [0.05, 0.1) is 18.5 Å². The van der Waals surface area contributed by atoms with E-state index in [1.54, 1.807) is 30.1 Å². The van der Waals surface area contributed by atoms with Crippen molar-refractivity contribution in [1.82, 2.24) is 14.8 Å². The van der Waals surface area contributed by atoms with Gasteiger partial charge in [0.2, 0.25) is 0 Å². The highest BCUT2D eigenvalue weighted by Gasteiger charge is 2.20. The van der Waals surface area contributed by atoms with Crippen molar-refractivity contribution in [3.05, 3.63) is 47.7 Å². The van der Waals surface area contributed by atoms with Gasteiger partial charge >= 0.3 is 0 Å². The Morgan fingerprint density at radius 3 is 2.91 bits per heavy atom. The van der Waals surface area contributed by atoms with Gasteiger partial charge in [-0.25, -0.2) is 13.8 Å². The van der Waals surface area contributed by atoms with Gasteiger partial charge in [-0.2, -0.15) is 5.10 Å². The summed E-state index contributed by atoms with van der Waals surface area (Å²) in [4.78, 5) is 16.5. The van der Waals surface area contributed by atoms with E-state index in [4.69, 9.17) is 16.2 Å². The smallest absolute Gasteiger partial charge is 0.277 e. The van der Waals surface area contributed by atoms with Gasteiger partial charge in [0, 0.05) is 31.5 Å². The number of hydrogen-bond acceptors (Lipinski definition) is 7. The minimum absolute atomic E-state index is 0.0785. The molecular weight excluding hydrogens is 438 g/mol. The van der Waals surface area contributed by atoms with Crippen LogP contribution in [0.4, 0.5) is 19.5 Å². The van der Waals surface area contributed by atoms with E-state index in [-0.39, 0.29) is 23.3 Å². The maximum atomic E-state index is 14.0. The molecule has 11 heteroatoms. The molecule has 32 heavy (non-hydrogen) atoms. The number of benzene rings is 1. The summed E-state index contributed by atoms with van der Waals surface area (Å²) in [6.07, 6.45) is 3.86. The van der Waals surface area contributed by atoms with Gasteiger partial charge in [0.15, 0.2) is 5.69 Å². The average Bonchev–Trinajstić information content (AvgIpc) is 3.29. The van der Waals surface area contributed by atoms with E-state index in [0.29, 0.717) is 22.9 Å². The van der Waals surface area contributed by atoms with Crippen molar-refractivity contribution in [2.75, 3.05) is 24.3 Å². The zero-order chi connectivity index (χ0) is 23.3. The Labute approximate surface area is 188 Å². The van der Waals surface area contributed by atoms with Crippen molar-refractivity contribution in [2.24, 2.45) is 12.8 Å². The third-order valence-corrected chi connectivity index (χ3v) is 5.67. The average molecular weight is 465 g/mol. The van der Waals surface area contributed by atoms with Crippen LogP contribution in [0.3, 0.4) is 0 Å². The molecule has 3 aromatic rings. The van der Waals surface area contributed by atoms with Crippen LogP contribution in [0.25, 0.3) is 10.6 Å². The molecule has 2 atom stereocenters. The summed E-state index contributed by atoms with van der Waals surface area (Å²) in [5.74, 6) is -0.852. The minimum atomic E-state index is -0.951. The highest BCUT2D eigenvalue weighted by atomic mass is 32.1. The van der Waals surface area contributed by atoms with Crippen LogP contribution in [0, 0.1) is 12.7 Å². The number of alkyl halides is 1. The number of rotatable bonds is 3. The van der Waals surface area contributed by atoms with E-state index in [1.807, 2.05) is 6.92 Å². The zero-order valence-corrected chi connectivity index (χ0v) is 18.7. The van der Waals surface area contributed by atoms with Crippen LogP contribution in [-0.4, -0.2) is 46.1 Å². The number of nitrogens with two attached hydrogens (primary N) is 2. The fourth-order valence-corrected chi connectivity index (χ4v) is 3.86. The molecule has 8 nitrogen and oxygen atoms in total. The molecule has 5 N–H and O–H groups in total. The fourth-order valence-electron chi connectivity index (χ4n) is 3.01. The highest BCUT2D eigenvalue weighted by molar-refractivity contribution is 7.19. The number of nitrogens with one attached hydrogen (secondary N) is 1. The number of aryl methyl sites for hydroxylation is 2. The van der Waals surface area contributed by atoms with Gasteiger partial charge in [-0.3, -0.25) is 9.48 Å². The molecule has 0 radical (unpaired) electrons. The minimum Gasteiger partial charge on any atom is -0.389 e. The van der Waals surface area contributed by atoms with Crippen molar-refractivity contribution in [2.45, 2.75) is 32.0 Å². The molecule has 172 valence electrons. The molecule has 2 aromatic heterocycles. The number of ether oxygens (including phenoxy) is 1. The Hall–Kier alpha value is -2.89. The van der Waals surface area contributed by atoms with Crippen LogP contribution in [0.15, 0.2) is 30.6 Å². The number of anilines is 2. The summed E-state index contributed by atoms with van der Waals surface area (Å²) in [6, 6.07) is 4.42. The Balaban J connectivity index is 0.000000269. The first kappa shape index (κ1) is 23.8. The summed E-state index contributed by atoms with van der Waals surface area (Å²) < 4.78 is 33.0. The van der Waals surface area contributed by atoms with Crippen molar-refractivity contribution in [3.8, 4) is 10.6 Å². The van der Waals surface area contributed by atoms with Crippen molar-refractivity contribution in [1.29, 1.82) is 0 Å². The van der Waals surface area contributed by atoms with E-state index in [9.17, 15) is 13.6 Å². The van der Waals surface area contributed by atoms with Crippen molar-refractivity contribution >= 4 is 27.9 Å². The lowest BCUT2D eigenvalue weighted by Crippen LogP contribution is -2.32. The normalized spacial score (nSPS) is 18.4. The number of thiazole rings is 1. The molecule has 1 aliphatic rings. The van der Waals surface area contributed by atoms with E-state index in [1.165, 1.54) is 12.3 Å². The molecule has 2 unspecified atom stereocenters. The van der Waals surface area contributed by atoms with Gasteiger partial charge in [0.25, 0.3) is 5.91 Å². The predicted molar refractivity (Wildman–Crippen MR) is 121 cm³/mol. The van der Waals surface area contributed by atoms with Gasteiger partial charge in [-0.1, -0.05) is 23.0 Å². The third-order valence-electron chi connectivity index (χ3n) is 4.75. The Bertz CT molecular complexity index is 1060. The Morgan fingerprint density at radius 1 is 1.41 bits per heavy atom. The summed E-state index contributed by atoms with van der Waals surface area (Å²) in [6.45, 7) is 2.70. The number of carbonyl (C=O) groups excluding carboxylic acids is 1. The van der Waals surface area contributed by atoms with E-state index in [0.717, 1.165) is 29.7 Å². The molecule has 1 fully saturated rings. The fraction of sp³-hybridized carbons (Fsp3) is 0.381. The first-order chi connectivity index (χ1) is 15.2. The molecule has 1 saturated heterocycles. The van der Waals surface area contributed by atoms with Crippen LogP contribution in [-0.2, 0) is 11.8 Å². The first-order valence-electron chi connectivity index (χ1n) is 10.0. The molecule has 1 aliphatic heterocycles. The number of aromatic nitrogens is 3. The van der Waals surface area contributed by atoms with Gasteiger partial charge in [-0.05, 0) is 31.9 Å². The summed E-state index contributed by atoms with van der Waals surface area (Å²) in [5.41, 5.74) is 13.2. The van der Waals surface area contributed by atoms with Gasteiger partial charge < -0.3 is 21.5 Å². The molecule has 3 heterocycles. The molecular formula is C21H26F2N6O2S. The highest BCUT2D eigenvalue weighted by Crippen LogP contribution is 2.32. The summed E-state index contributed by atoms with van der Waals surface area (Å²) >= 11 is 1.08. The summed E-state index contributed by atoms with van der Waals surface area (Å²) in [5, 5.41) is 7.24. The Kier molecular flexibility index (Phi) is 7.89. The third kappa shape index (κ3) is 6.09. The number of nitrogen functional groups attached to an aromatic ring is 1. The van der Waals surface area contributed by atoms with Crippen LogP contribution >= 0.6 is 11.3 Å². The van der Waals surface area contributed by atoms with Crippen LogP contribution in [0.5, 0.6) is 0 Å². The van der Waals surface area contributed by atoms with Crippen molar-refractivity contribution < 1.29 is 18.3 Å². The molecule has 0 bridgehead atoms. The number of nitrogens with zero attached hydrogens (tertiary/aromatic N) is 3. The molecule has 0 aliphatic carbocycles. The number of amides is 1. The zero-order valence-electron chi connectivity index (χ0n) is 17.8. The molecule has 1 aromatic carbocycles. The second kappa shape index (κ2) is 10.6. The maximum absolute atomic E-state index is 14.0. The van der Waals surface area contributed by atoms with E-state index >= 15 is 0 Å². The maximum Gasteiger partial charge on any atom is 0.277 e. The molecule has 0 spiro atoms. The predicted octanol–water partition coefficient (Wildman–Crippen LogP) is 3.29. The van der Waals surface area contributed by atoms with Crippen LogP contribution in [0.1, 0.15) is 28.9 Å². The first-order valence-corrected chi connectivity index (χ1v) is 10.9. The standard InChI is InChI=1S/C15H14FN5OS.C6H12FNO/c1-8-3-4-11(16)10(5-8)15-20-12(13(17)23-15)14(22)19-9-6-18-21(2)7-9;7-5-4-9-3-1-2-6(5)8/h3-7H,17H2,1-2H3,(H,19,22);5-6H,1-4,8H2. The van der Waals surface area contributed by atoms with Crippen molar-refractivity contribution in [3.63, 3.8) is 0 Å². The largest absolute Gasteiger partial charge is 0.389 e. The number of halogens is 2. The van der Waals surface area contributed by atoms with E-state index < -0.39 is 17.9 Å². The quantitative estimate of drug-likeness (QED) is 0.547. The van der Waals surface area contributed by atoms with Gasteiger partial charge in [-0.15, -0.1) is 0 Å². The lowest BCUT2D eigenvalue weighted by molar-refractivity contribution is 0.0923. The summed E-state index contributed by atoms with van der Waals surface area (Å²) in [7, 11) is 1.74. The Morgan fingerprint density at radius 2 is 2.19 bits per heavy atom. The second-order valence-corrected chi connectivity index (χ2v) is 8.50. The molecule has 4 rings (SSSR count). The van der Waals surface area contributed by atoms with Gasteiger partial charge in [0.1, 0.15) is 22.0 Å². The molecule has 1 amide bonds. The topological polar surface area (TPSA) is 121 Å². The lowest BCUT2D eigenvalue weighted by atomic mass is 10.1. The number of carbonyl (C=O) groups is 1. The van der Waals surface area contributed by atoms with Crippen LogP contribution in [0.2, 0.25) is 0 Å². The van der Waals surface area contributed by atoms with Crippen LogP contribution < -0.4 is 16.8 Å². The van der Waals surface area contributed by atoms with E-state index in [2.05, 4.69) is 15.4 Å². The molecule has 0 saturated carbocycles. The monoisotopic (exact) mass is 464 g/mol. The second-order valence-electron chi connectivity index (χ2n) is 7.47. The lowest BCUT2D eigenvalue weighted by Gasteiger charge is -2.10.